The molecule has 1 aromatic carbocycles. The Morgan fingerprint density at radius 2 is 2.19 bits per heavy atom. The van der Waals surface area contributed by atoms with Gasteiger partial charge in [0.15, 0.2) is 0 Å². The van der Waals surface area contributed by atoms with Crippen LogP contribution in [0.1, 0.15) is 25.3 Å². The van der Waals surface area contributed by atoms with Gasteiger partial charge in [0, 0.05) is 25.0 Å². The van der Waals surface area contributed by atoms with E-state index in [9.17, 15) is 13.5 Å². The molecule has 142 valence electrons. The van der Waals surface area contributed by atoms with Crippen LogP contribution >= 0.6 is 0 Å². The fourth-order valence-electron chi connectivity index (χ4n) is 3.43. The molecule has 0 bridgehead atoms. The second kappa shape index (κ2) is 7.77. The molecule has 2 N–H and O–H groups in total. The third kappa shape index (κ3) is 4.25. The number of rotatable bonds is 7. The number of benzene rings is 1. The summed E-state index contributed by atoms with van der Waals surface area (Å²) in [5.41, 5.74) is 0.831. The maximum atomic E-state index is 12.9. The molecule has 8 heteroatoms. The van der Waals surface area contributed by atoms with Gasteiger partial charge in [-0.25, -0.2) is 13.1 Å². The Hall–Kier alpha value is -1.90. The third-order valence-electron chi connectivity index (χ3n) is 4.63. The van der Waals surface area contributed by atoms with Crippen LogP contribution in [0.2, 0.25) is 0 Å². The molecule has 2 aromatic rings. The Kier molecular flexibility index (Phi) is 5.64. The van der Waals surface area contributed by atoms with Crippen LogP contribution in [0.25, 0.3) is 0 Å². The lowest BCUT2D eigenvalue weighted by molar-refractivity contribution is 0.154. The highest BCUT2D eigenvalue weighted by Crippen LogP contribution is 2.30. The van der Waals surface area contributed by atoms with Gasteiger partial charge in [0.2, 0.25) is 10.0 Å². The highest BCUT2D eigenvalue weighted by atomic mass is 32.2. The topological polar surface area (TPSA) is 93.5 Å². The summed E-state index contributed by atoms with van der Waals surface area (Å²) in [6, 6.07) is 6.40. The first-order valence-corrected chi connectivity index (χ1v) is 10.3. The molecule has 3 atom stereocenters. The lowest BCUT2D eigenvalue weighted by Crippen LogP contribution is -2.40. The number of aliphatic hydroxyl groups is 1. The molecule has 0 saturated heterocycles. The zero-order chi connectivity index (χ0) is 18.7. The number of ether oxygens (including phenoxy) is 1. The van der Waals surface area contributed by atoms with Crippen molar-refractivity contribution in [2.75, 3.05) is 6.61 Å². The number of aryl methyl sites for hydroxylation is 1. The van der Waals surface area contributed by atoms with Crippen LogP contribution in [0.5, 0.6) is 5.75 Å². The van der Waals surface area contributed by atoms with Crippen molar-refractivity contribution in [3.8, 4) is 5.75 Å². The Labute approximate surface area is 154 Å². The van der Waals surface area contributed by atoms with Crippen molar-refractivity contribution >= 4 is 10.0 Å². The van der Waals surface area contributed by atoms with Gasteiger partial charge in [-0.3, -0.25) is 4.68 Å². The summed E-state index contributed by atoms with van der Waals surface area (Å²) in [5.74, 6) is 0.493. The van der Waals surface area contributed by atoms with Crippen molar-refractivity contribution in [1.29, 1.82) is 0 Å². The summed E-state index contributed by atoms with van der Waals surface area (Å²) >= 11 is 0. The van der Waals surface area contributed by atoms with E-state index in [-0.39, 0.29) is 10.8 Å². The van der Waals surface area contributed by atoms with Crippen LogP contribution in [-0.2, 0) is 16.6 Å². The first kappa shape index (κ1) is 18.9. The van der Waals surface area contributed by atoms with Crippen molar-refractivity contribution in [3.05, 3.63) is 42.2 Å². The minimum atomic E-state index is -3.79. The summed E-state index contributed by atoms with van der Waals surface area (Å²) in [6.07, 6.45) is 3.96. The van der Waals surface area contributed by atoms with E-state index < -0.39 is 22.2 Å². The monoisotopic (exact) mass is 379 g/mol. The van der Waals surface area contributed by atoms with E-state index in [4.69, 9.17) is 4.74 Å². The molecule has 1 aliphatic rings. The predicted octanol–water partition coefficient (Wildman–Crippen LogP) is 1.71. The number of nitrogens with one attached hydrogen (secondary N) is 1. The fourth-order valence-corrected chi connectivity index (χ4v) is 4.94. The molecule has 0 spiro atoms. The fraction of sp³-hybridized carbons (Fsp3) is 0.500. The first-order valence-electron chi connectivity index (χ1n) is 8.80. The Morgan fingerprint density at radius 3 is 2.88 bits per heavy atom. The summed E-state index contributed by atoms with van der Waals surface area (Å²) in [4.78, 5) is 0.113. The van der Waals surface area contributed by atoms with Crippen LogP contribution in [-0.4, -0.2) is 42.1 Å². The molecular formula is C18H25N3O4S. The molecule has 0 radical (unpaired) electrons. The van der Waals surface area contributed by atoms with Gasteiger partial charge < -0.3 is 9.84 Å². The van der Waals surface area contributed by atoms with Gasteiger partial charge >= 0.3 is 0 Å². The third-order valence-corrected chi connectivity index (χ3v) is 6.14. The van der Waals surface area contributed by atoms with E-state index in [1.54, 1.807) is 18.3 Å². The average molecular weight is 379 g/mol. The number of aliphatic hydroxyl groups excluding tert-OH is 1. The Bertz CT molecular complexity index is 836. The number of aromatic nitrogens is 2. The average Bonchev–Trinajstić information content (AvgIpc) is 3.19. The minimum Gasteiger partial charge on any atom is -0.492 e. The highest BCUT2D eigenvalue weighted by molar-refractivity contribution is 7.89. The molecule has 3 rings (SSSR count). The van der Waals surface area contributed by atoms with Crippen LogP contribution in [0.3, 0.4) is 0 Å². The van der Waals surface area contributed by atoms with E-state index in [0.717, 1.165) is 5.56 Å². The molecule has 1 aliphatic carbocycles. The smallest absolute Gasteiger partial charge is 0.244 e. The van der Waals surface area contributed by atoms with Crippen LogP contribution in [0, 0.1) is 12.8 Å². The molecule has 1 heterocycles. The van der Waals surface area contributed by atoms with Gasteiger partial charge in [-0.2, -0.15) is 5.10 Å². The largest absolute Gasteiger partial charge is 0.492 e. The van der Waals surface area contributed by atoms with Gasteiger partial charge in [-0.05, 0) is 56.4 Å². The second-order valence-corrected chi connectivity index (χ2v) is 8.43. The van der Waals surface area contributed by atoms with Crippen molar-refractivity contribution in [2.24, 2.45) is 5.92 Å². The maximum Gasteiger partial charge on any atom is 0.244 e. The van der Waals surface area contributed by atoms with E-state index in [0.29, 0.717) is 31.7 Å². The number of nitrogens with zero attached hydrogens (tertiary/aromatic N) is 2. The first-order chi connectivity index (χ1) is 12.4. The van der Waals surface area contributed by atoms with Crippen molar-refractivity contribution in [3.63, 3.8) is 0 Å². The molecule has 0 aliphatic heterocycles. The molecule has 1 aromatic heterocycles. The van der Waals surface area contributed by atoms with Gasteiger partial charge in [-0.1, -0.05) is 6.07 Å². The standard InChI is InChI=1S/C18H25N3O4S/c1-3-25-17-6-5-13(2)9-18(17)26(23,24)20-15-10-14(11-16(15)22)12-21-8-4-7-19-21/h4-9,14-16,20,22H,3,10-12H2,1-2H3/t14?,15-,16-/m1/s1. The van der Waals surface area contributed by atoms with Gasteiger partial charge in [0.25, 0.3) is 0 Å². The number of sulfonamides is 1. The summed E-state index contributed by atoms with van der Waals surface area (Å²) in [6.45, 7) is 4.68. The second-order valence-electron chi connectivity index (χ2n) is 6.74. The van der Waals surface area contributed by atoms with Crippen LogP contribution in [0.15, 0.2) is 41.6 Å². The van der Waals surface area contributed by atoms with Gasteiger partial charge in [0.1, 0.15) is 10.6 Å². The summed E-state index contributed by atoms with van der Waals surface area (Å²) in [7, 11) is -3.79. The molecule has 1 saturated carbocycles. The molecular weight excluding hydrogens is 354 g/mol. The SMILES string of the molecule is CCOc1ccc(C)cc1S(=O)(=O)N[C@@H]1CC(Cn2cccn2)C[C@H]1O. The lowest BCUT2D eigenvalue weighted by atomic mass is 10.1. The zero-order valence-electron chi connectivity index (χ0n) is 15.0. The molecule has 0 amide bonds. The van der Waals surface area contributed by atoms with E-state index >= 15 is 0 Å². The molecule has 1 fully saturated rings. The van der Waals surface area contributed by atoms with Gasteiger partial charge in [-0.15, -0.1) is 0 Å². The lowest BCUT2D eigenvalue weighted by Gasteiger charge is -2.18. The van der Waals surface area contributed by atoms with Crippen molar-refractivity contribution < 1.29 is 18.3 Å². The van der Waals surface area contributed by atoms with Crippen molar-refractivity contribution in [2.45, 2.75) is 50.3 Å². The Balaban J connectivity index is 1.74. The normalized spacial score (nSPS) is 23.3. The Morgan fingerprint density at radius 1 is 1.38 bits per heavy atom. The highest BCUT2D eigenvalue weighted by Gasteiger charge is 2.36. The predicted molar refractivity (Wildman–Crippen MR) is 97.4 cm³/mol. The van der Waals surface area contributed by atoms with Crippen molar-refractivity contribution in [1.82, 2.24) is 14.5 Å². The van der Waals surface area contributed by atoms with Gasteiger partial charge in [0.05, 0.1) is 12.7 Å². The van der Waals surface area contributed by atoms with Crippen LogP contribution in [0.4, 0.5) is 0 Å². The number of hydrogen-bond acceptors (Lipinski definition) is 5. The summed E-state index contributed by atoms with van der Waals surface area (Å²) in [5, 5.41) is 14.5. The van der Waals surface area contributed by atoms with E-state index in [2.05, 4.69) is 9.82 Å². The zero-order valence-corrected chi connectivity index (χ0v) is 15.8. The number of hydrogen-bond donors (Lipinski definition) is 2. The maximum absolute atomic E-state index is 12.9. The molecule has 7 nitrogen and oxygen atoms in total. The molecule has 26 heavy (non-hydrogen) atoms. The van der Waals surface area contributed by atoms with E-state index in [1.165, 1.54) is 0 Å². The quantitative estimate of drug-likeness (QED) is 0.764. The molecule has 1 unspecified atom stereocenters. The minimum absolute atomic E-state index is 0.113. The summed E-state index contributed by atoms with van der Waals surface area (Å²) < 4.78 is 35.7. The van der Waals surface area contributed by atoms with E-state index in [1.807, 2.05) is 36.9 Å². The van der Waals surface area contributed by atoms with Crippen LogP contribution < -0.4 is 9.46 Å².